The fourth-order valence-corrected chi connectivity index (χ4v) is 1.19. The molecule has 98 valence electrons. The van der Waals surface area contributed by atoms with E-state index in [1.54, 1.807) is 6.07 Å². The van der Waals surface area contributed by atoms with Gasteiger partial charge in [-0.15, -0.1) is 0 Å². The number of nitrogens with two attached hydrogens (primary N) is 1. The molecule has 6 heteroatoms. The van der Waals surface area contributed by atoms with Crippen LogP contribution in [0.15, 0.2) is 18.3 Å². The van der Waals surface area contributed by atoms with E-state index in [2.05, 4.69) is 10.3 Å². The van der Waals surface area contributed by atoms with Gasteiger partial charge < -0.3 is 15.8 Å². The summed E-state index contributed by atoms with van der Waals surface area (Å²) in [6, 6.07) is 2.98. The van der Waals surface area contributed by atoms with Gasteiger partial charge in [-0.2, -0.15) is 0 Å². The largest absolute Gasteiger partial charge is 0.451 e. The van der Waals surface area contributed by atoms with Crippen molar-refractivity contribution in [3.8, 4) is 0 Å². The number of nitrogen functional groups attached to an aromatic ring is 1. The molecule has 0 radical (unpaired) electrons. The third kappa shape index (κ3) is 4.82. The van der Waals surface area contributed by atoms with Crippen molar-refractivity contribution in [2.45, 2.75) is 26.3 Å². The number of ether oxygens (including phenoxy) is 1. The van der Waals surface area contributed by atoms with Crippen molar-refractivity contribution in [2.24, 2.45) is 0 Å². The quantitative estimate of drug-likeness (QED) is 0.772. The molecule has 3 N–H and O–H groups in total. The average Bonchev–Trinajstić information content (AvgIpc) is 2.24. The van der Waals surface area contributed by atoms with Crippen LogP contribution in [0.2, 0.25) is 0 Å². The average molecular weight is 251 g/mol. The number of nitrogens with one attached hydrogen (secondary N) is 1. The van der Waals surface area contributed by atoms with Gasteiger partial charge in [0.15, 0.2) is 6.61 Å². The van der Waals surface area contributed by atoms with Gasteiger partial charge in [0.25, 0.3) is 5.91 Å². The summed E-state index contributed by atoms with van der Waals surface area (Å²) >= 11 is 0. The van der Waals surface area contributed by atoms with Crippen molar-refractivity contribution >= 4 is 17.6 Å². The van der Waals surface area contributed by atoms with Crippen LogP contribution in [0.4, 0.5) is 5.69 Å². The number of hydrogen-bond donors (Lipinski definition) is 2. The molecular weight excluding hydrogens is 234 g/mol. The molecule has 0 saturated carbocycles. The molecule has 0 spiro atoms. The van der Waals surface area contributed by atoms with Crippen LogP contribution in [0, 0.1) is 0 Å². The molecule has 0 fully saturated rings. The van der Waals surface area contributed by atoms with Crippen LogP contribution in [0.25, 0.3) is 0 Å². The van der Waals surface area contributed by atoms with E-state index in [-0.39, 0.29) is 23.7 Å². The third-order valence-electron chi connectivity index (χ3n) is 1.84. The standard InChI is InChI=1S/C12H17N3O3/c1-12(2,3)15-10(16)7-18-11(17)9-5-4-8(13)6-14-9/h4-6H,7,13H2,1-3H3,(H,15,16). The molecule has 1 heterocycles. The van der Waals surface area contributed by atoms with E-state index in [0.29, 0.717) is 5.69 Å². The second-order valence-corrected chi connectivity index (χ2v) is 4.85. The minimum atomic E-state index is -0.654. The molecule has 1 amide bonds. The van der Waals surface area contributed by atoms with Gasteiger partial charge in [0, 0.05) is 5.54 Å². The van der Waals surface area contributed by atoms with E-state index in [1.165, 1.54) is 12.3 Å². The lowest BCUT2D eigenvalue weighted by Crippen LogP contribution is -2.42. The Labute approximate surface area is 106 Å². The summed E-state index contributed by atoms with van der Waals surface area (Å²) in [5.41, 5.74) is 5.66. The summed E-state index contributed by atoms with van der Waals surface area (Å²) in [5, 5.41) is 2.68. The van der Waals surface area contributed by atoms with Crippen LogP contribution in [-0.2, 0) is 9.53 Å². The zero-order valence-corrected chi connectivity index (χ0v) is 10.7. The topological polar surface area (TPSA) is 94.3 Å². The summed E-state index contributed by atoms with van der Waals surface area (Å²) in [7, 11) is 0. The van der Waals surface area contributed by atoms with E-state index in [4.69, 9.17) is 10.5 Å². The molecule has 0 bridgehead atoms. The van der Waals surface area contributed by atoms with Crippen molar-refractivity contribution in [3.05, 3.63) is 24.0 Å². The van der Waals surface area contributed by atoms with Crippen molar-refractivity contribution in [1.82, 2.24) is 10.3 Å². The molecule has 18 heavy (non-hydrogen) atoms. The summed E-state index contributed by atoms with van der Waals surface area (Å²) in [6.45, 7) is 5.19. The predicted octanol–water partition coefficient (Wildman–Crippen LogP) is 0.735. The number of esters is 1. The number of pyridine rings is 1. The van der Waals surface area contributed by atoms with E-state index >= 15 is 0 Å². The minimum Gasteiger partial charge on any atom is -0.451 e. The number of hydrogen-bond acceptors (Lipinski definition) is 5. The monoisotopic (exact) mass is 251 g/mol. The summed E-state index contributed by atoms with van der Waals surface area (Å²) < 4.78 is 4.82. The third-order valence-corrected chi connectivity index (χ3v) is 1.84. The second kappa shape index (κ2) is 5.48. The first-order valence-corrected chi connectivity index (χ1v) is 5.47. The molecule has 1 rings (SSSR count). The molecule has 0 aliphatic carbocycles. The molecule has 0 aromatic carbocycles. The van der Waals surface area contributed by atoms with Gasteiger partial charge in [-0.3, -0.25) is 4.79 Å². The van der Waals surface area contributed by atoms with Gasteiger partial charge in [-0.1, -0.05) is 0 Å². The molecule has 1 aromatic heterocycles. The number of amides is 1. The van der Waals surface area contributed by atoms with Gasteiger partial charge in [0.1, 0.15) is 5.69 Å². The highest BCUT2D eigenvalue weighted by Crippen LogP contribution is 2.03. The van der Waals surface area contributed by atoms with Crippen LogP contribution in [-0.4, -0.2) is 29.0 Å². The maximum absolute atomic E-state index is 11.5. The van der Waals surface area contributed by atoms with Crippen LogP contribution < -0.4 is 11.1 Å². The zero-order chi connectivity index (χ0) is 13.8. The maximum Gasteiger partial charge on any atom is 0.357 e. The smallest absolute Gasteiger partial charge is 0.357 e. The van der Waals surface area contributed by atoms with E-state index in [0.717, 1.165) is 0 Å². The first-order chi connectivity index (χ1) is 8.28. The lowest BCUT2D eigenvalue weighted by Gasteiger charge is -2.20. The van der Waals surface area contributed by atoms with Crippen LogP contribution >= 0.6 is 0 Å². The number of anilines is 1. The second-order valence-electron chi connectivity index (χ2n) is 4.85. The van der Waals surface area contributed by atoms with Gasteiger partial charge in [-0.05, 0) is 32.9 Å². The highest BCUT2D eigenvalue weighted by molar-refractivity contribution is 5.89. The Morgan fingerprint density at radius 2 is 2.06 bits per heavy atom. The van der Waals surface area contributed by atoms with Crippen molar-refractivity contribution in [1.29, 1.82) is 0 Å². The van der Waals surface area contributed by atoms with Crippen LogP contribution in [0.3, 0.4) is 0 Å². The Bertz CT molecular complexity index is 435. The first kappa shape index (κ1) is 14.0. The van der Waals surface area contributed by atoms with Gasteiger partial charge in [0.05, 0.1) is 11.9 Å². The SMILES string of the molecule is CC(C)(C)NC(=O)COC(=O)c1ccc(N)cn1. The molecule has 1 aromatic rings. The van der Waals surface area contributed by atoms with E-state index in [1.807, 2.05) is 20.8 Å². The molecule has 0 saturated heterocycles. The lowest BCUT2D eigenvalue weighted by molar-refractivity contribution is -0.125. The number of aromatic nitrogens is 1. The Kier molecular flexibility index (Phi) is 4.25. The van der Waals surface area contributed by atoms with E-state index in [9.17, 15) is 9.59 Å². The maximum atomic E-state index is 11.5. The molecule has 0 aliphatic rings. The first-order valence-electron chi connectivity index (χ1n) is 5.47. The molecule has 0 atom stereocenters. The number of carbonyl (C=O) groups is 2. The van der Waals surface area contributed by atoms with Crippen LogP contribution in [0.1, 0.15) is 31.3 Å². The lowest BCUT2D eigenvalue weighted by atomic mass is 10.1. The molecule has 0 unspecified atom stereocenters. The van der Waals surface area contributed by atoms with Crippen molar-refractivity contribution in [3.63, 3.8) is 0 Å². The number of rotatable bonds is 3. The van der Waals surface area contributed by atoms with Gasteiger partial charge >= 0.3 is 5.97 Å². The summed E-state index contributed by atoms with van der Waals surface area (Å²) in [5.74, 6) is -1.01. The Balaban J connectivity index is 2.47. The summed E-state index contributed by atoms with van der Waals surface area (Å²) in [4.78, 5) is 26.7. The predicted molar refractivity (Wildman–Crippen MR) is 66.8 cm³/mol. The highest BCUT2D eigenvalue weighted by atomic mass is 16.5. The number of carbonyl (C=O) groups excluding carboxylic acids is 2. The van der Waals surface area contributed by atoms with Gasteiger partial charge in [-0.25, -0.2) is 9.78 Å². The van der Waals surface area contributed by atoms with Crippen molar-refractivity contribution in [2.75, 3.05) is 12.3 Å². The minimum absolute atomic E-state index is 0.118. The van der Waals surface area contributed by atoms with E-state index < -0.39 is 5.97 Å². The Hall–Kier alpha value is -2.11. The fourth-order valence-electron chi connectivity index (χ4n) is 1.19. The van der Waals surface area contributed by atoms with Crippen molar-refractivity contribution < 1.29 is 14.3 Å². The Morgan fingerprint density at radius 1 is 1.39 bits per heavy atom. The molecule has 6 nitrogen and oxygen atoms in total. The zero-order valence-electron chi connectivity index (χ0n) is 10.7. The van der Waals surface area contributed by atoms with Gasteiger partial charge in [0.2, 0.25) is 0 Å². The normalized spacial score (nSPS) is 10.8. The fraction of sp³-hybridized carbons (Fsp3) is 0.417. The molecule has 0 aliphatic heterocycles. The van der Waals surface area contributed by atoms with Crippen LogP contribution in [0.5, 0.6) is 0 Å². The number of nitrogens with zero attached hydrogens (tertiary/aromatic N) is 1. The Morgan fingerprint density at radius 3 is 2.56 bits per heavy atom. The highest BCUT2D eigenvalue weighted by Gasteiger charge is 2.16. The molecular formula is C12H17N3O3. The summed E-state index contributed by atoms with van der Waals surface area (Å²) in [6.07, 6.45) is 1.35.